The van der Waals surface area contributed by atoms with Gasteiger partial charge in [0.05, 0.1) is 5.56 Å². The van der Waals surface area contributed by atoms with E-state index in [-0.39, 0.29) is 12.5 Å². The summed E-state index contributed by atoms with van der Waals surface area (Å²) in [5.74, 6) is -0.785. The molecule has 1 amide bonds. The summed E-state index contributed by atoms with van der Waals surface area (Å²) in [6, 6.07) is 14.3. The normalized spacial score (nSPS) is 10.2. The molecule has 0 aliphatic rings. The second-order valence-corrected chi connectivity index (χ2v) is 6.33. The van der Waals surface area contributed by atoms with E-state index in [4.69, 9.17) is 16.3 Å². The zero-order chi connectivity index (χ0) is 18.4. The number of nitrogens with zero attached hydrogens (tertiary/aromatic N) is 2. The number of carbonyl (C=O) groups is 2. The summed E-state index contributed by atoms with van der Waals surface area (Å²) >= 11 is 5.84. The minimum Gasteiger partial charge on any atom is -0.452 e. The Bertz CT molecular complexity index is 727. The van der Waals surface area contributed by atoms with Crippen LogP contribution in [0.5, 0.6) is 0 Å². The van der Waals surface area contributed by atoms with Gasteiger partial charge in [-0.2, -0.15) is 0 Å². The van der Waals surface area contributed by atoms with Crippen LogP contribution < -0.4 is 4.90 Å². The molecule has 0 saturated carbocycles. The lowest BCUT2D eigenvalue weighted by Gasteiger charge is -2.17. The highest BCUT2D eigenvalue weighted by atomic mass is 35.5. The molecule has 0 unspecified atom stereocenters. The first-order chi connectivity index (χ1) is 11.9. The Morgan fingerprint density at radius 1 is 0.960 bits per heavy atom. The van der Waals surface area contributed by atoms with Crippen molar-refractivity contribution in [1.29, 1.82) is 0 Å². The molecule has 2 aromatic rings. The predicted octanol–water partition coefficient (Wildman–Crippen LogP) is 3.22. The van der Waals surface area contributed by atoms with Gasteiger partial charge in [-0.05, 0) is 42.0 Å². The van der Waals surface area contributed by atoms with Crippen LogP contribution in [-0.4, -0.2) is 44.5 Å². The Labute approximate surface area is 152 Å². The van der Waals surface area contributed by atoms with Gasteiger partial charge in [0.2, 0.25) is 0 Å². The maximum absolute atomic E-state index is 12.1. The first-order valence-electron chi connectivity index (χ1n) is 7.79. The number of anilines is 1. The van der Waals surface area contributed by atoms with Crippen LogP contribution in [0.1, 0.15) is 15.9 Å². The van der Waals surface area contributed by atoms with Crippen molar-refractivity contribution in [3.63, 3.8) is 0 Å². The molecule has 25 heavy (non-hydrogen) atoms. The molecule has 0 N–H and O–H groups in total. The highest BCUT2D eigenvalue weighted by Crippen LogP contribution is 2.13. The third kappa shape index (κ3) is 5.50. The highest BCUT2D eigenvalue weighted by Gasteiger charge is 2.14. The van der Waals surface area contributed by atoms with Crippen molar-refractivity contribution in [2.75, 3.05) is 32.6 Å². The lowest BCUT2D eigenvalue weighted by atomic mass is 10.2. The van der Waals surface area contributed by atoms with Crippen LogP contribution in [0.2, 0.25) is 5.02 Å². The third-order valence-electron chi connectivity index (χ3n) is 3.70. The van der Waals surface area contributed by atoms with Crippen molar-refractivity contribution >= 4 is 29.2 Å². The summed E-state index contributed by atoms with van der Waals surface area (Å²) < 4.78 is 5.10. The standard InChI is InChI=1S/C19H21ClN2O3/c1-21(2)17-10-6-15(7-11-17)19(24)25-13-18(23)22(3)12-14-4-8-16(20)9-5-14/h4-11H,12-13H2,1-3H3. The van der Waals surface area contributed by atoms with Gasteiger partial charge < -0.3 is 14.5 Å². The number of rotatable bonds is 6. The first-order valence-corrected chi connectivity index (χ1v) is 8.17. The van der Waals surface area contributed by atoms with Crippen LogP contribution in [0.4, 0.5) is 5.69 Å². The van der Waals surface area contributed by atoms with Crippen molar-refractivity contribution in [1.82, 2.24) is 4.90 Å². The zero-order valence-electron chi connectivity index (χ0n) is 14.5. The van der Waals surface area contributed by atoms with Gasteiger partial charge in [-0.1, -0.05) is 23.7 Å². The Kier molecular flexibility index (Phi) is 6.42. The number of amides is 1. The number of carbonyl (C=O) groups excluding carboxylic acids is 2. The van der Waals surface area contributed by atoms with Crippen molar-refractivity contribution in [2.45, 2.75) is 6.54 Å². The Morgan fingerprint density at radius 3 is 2.12 bits per heavy atom. The molecule has 0 aromatic heterocycles. The van der Waals surface area contributed by atoms with E-state index in [1.54, 1.807) is 31.3 Å². The van der Waals surface area contributed by atoms with E-state index in [1.165, 1.54) is 4.90 Å². The van der Waals surface area contributed by atoms with Crippen molar-refractivity contribution < 1.29 is 14.3 Å². The van der Waals surface area contributed by atoms with E-state index in [1.807, 2.05) is 43.3 Å². The summed E-state index contributed by atoms with van der Waals surface area (Å²) in [5, 5.41) is 0.645. The smallest absolute Gasteiger partial charge is 0.338 e. The second-order valence-electron chi connectivity index (χ2n) is 5.89. The molecular weight excluding hydrogens is 340 g/mol. The van der Waals surface area contributed by atoms with Crippen LogP contribution in [0.25, 0.3) is 0 Å². The summed E-state index contributed by atoms with van der Waals surface area (Å²) in [6.07, 6.45) is 0. The number of hydrogen-bond acceptors (Lipinski definition) is 4. The highest BCUT2D eigenvalue weighted by molar-refractivity contribution is 6.30. The van der Waals surface area contributed by atoms with E-state index >= 15 is 0 Å². The Balaban J connectivity index is 1.85. The number of halogens is 1. The van der Waals surface area contributed by atoms with Crippen molar-refractivity contribution in [3.05, 3.63) is 64.7 Å². The molecule has 0 aliphatic carbocycles. The summed E-state index contributed by atoms with van der Waals surface area (Å²) in [6.45, 7) is 0.128. The molecule has 0 radical (unpaired) electrons. The van der Waals surface area contributed by atoms with Gasteiger partial charge in [-0.25, -0.2) is 4.79 Å². The number of benzene rings is 2. The van der Waals surface area contributed by atoms with Gasteiger partial charge in [0.25, 0.3) is 5.91 Å². The number of hydrogen-bond donors (Lipinski definition) is 0. The number of ether oxygens (including phenoxy) is 1. The molecular formula is C19H21ClN2O3. The molecule has 2 aromatic carbocycles. The molecule has 0 bridgehead atoms. The fourth-order valence-electron chi connectivity index (χ4n) is 2.17. The topological polar surface area (TPSA) is 49.9 Å². The average molecular weight is 361 g/mol. The molecule has 132 valence electrons. The molecule has 0 spiro atoms. The SMILES string of the molecule is CN(Cc1ccc(Cl)cc1)C(=O)COC(=O)c1ccc(N(C)C)cc1. The van der Waals surface area contributed by atoms with E-state index in [0.717, 1.165) is 11.3 Å². The fraction of sp³-hybridized carbons (Fsp3) is 0.263. The zero-order valence-corrected chi connectivity index (χ0v) is 15.3. The molecule has 0 heterocycles. The number of esters is 1. The summed E-state index contributed by atoms with van der Waals surface area (Å²) in [7, 11) is 5.50. The van der Waals surface area contributed by atoms with E-state index in [9.17, 15) is 9.59 Å². The monoisotopic (exact) mass is 360 g/mol. The summed E-state index contributed by atoms with van der Waals surface area (Å²) in [4.78, 5) is 27.6. The van der Waals surface area contributed by atoms with Gasteiger partial charge in [0.15, 0.2) is 6.61 Å². The van der Waals surface area contributed by atoms with Gasteiger partial charge in [0, 0.05) is 38.4 Å². The fourth-order valence-corrected chi connectivity index (χ4v) is 2.29. The van der Waals surface area contributed by atoms with Crippen LogP contribution in [0, 0.1) is 0 Å². The molecule has 5 nitrogen and oxygen atoms in total. The van der Waals surface area contributed by atoms with Crippen LogP contribution in [-0.2, 0) is 16.1 Å². The largest absolute Gasteiger partial charge is 0.452 e. The van der Waals surface area contributed by atoms with Crippen molar-refractivity contribution in [3.8, 4) is 0 Å². The lowest BCUT2D eigenvalue weighted by molar-refractivity contribution is -0.133. The van der Waals surface area contributed by atoms with Gasteiger partial charge in [0.1, 0.15) is 0 Å². The quantitative estimate of drug-likeness (QED) is 0.742. The molecule has 0 aliphatic heterocycles. The predicted molar refractivity (Wildman–Crippen MR) is 99.0 cm³/mol. The molecule has 2 rings (SSSR count). The maximum Gasteiger partial charge on any atom is 0.338 e. The van der Waals surface area contributed by atoms with Gasteiger partial charge in [-0.15, -0.1) is 0 Å². The minimum absolute atomic E-state index is 0.270. The van der Waals surface area contributed by atoms with Crippen LogP contribution >= 0.6 is 11.6 Å². The van der Waals surface area contributed by atoms with E-state index in [2.05, 4.69) is 0 Å². The van der Waals surface area contributed by atoms with E-state index in [0.29, 0.717) is 17.1 Å². The lowest BCUT2D eigenvalue weighted by Crippen LogP contribution is -2.30. The average Bonchev–Trinajstić information content (AvgIpc) is 2.61. The van der Waals surface area contributed by atoms with Crippen molar-refractivity contribution in [2.24, 2.45) is 0 Å². The molecule has 0 atom stereocenters. The van der Waals surface area contributed by atoms with Crippen LogP contribution in [0.3, 0.4) is 0 Å². The van der Waals surface area contributed by atoms with E-state index < -0.39 is 5.97 Å². The first kappa shape index (κ1) is 18.8. The number of likely N-dealkylation sites (N-methyl/N-ethyl adjacent to an activating group) is 1. The minimum atomic E-state index is -0.515. The summed E-state index contributed by atoms with van der Waals surface area (Å²) in [5.41, 5.74) is 2.35. The second kappa shape index (κ2) is 8.53. The van der Waals surface area contributed by atoms with Gasteiger partial charge >= 0.3 is 5.97 Å². The molecule has 0 fully saturated rings. The molecule has 6 heteroatoms. The Morgan fingerprint density at radius 2 is 1.56 bits per heavy atom. The Hall–Kier alpha value is -2.53. The third-order valence-corrected chi connectivity index (χ3v) is 3.96. The van der Waals surface area contributed by atoms with Crippen LogP contribution in [0.15, 0.2) is 48.5 Å². The maximum atomic E-state index is 12.1. The molecule has 0 saturated heterocycles. The van der Waals surface area contributed by atoms with Gasteiger partial charge in [-0.3, -0.25) is 4.79 Å².